The quantitative estimate of drug-likeness (QED) is 0.639. The third kappa shape index (κ3) is 3.67. The molecule has 0 atom stereocenters. The van der Waals surface area contributed by atoms with Gasteiger partial charge in [-0.25, -0.2) is 9.37 Å². The summed E-state index contributed by atoms with van der Waals surface area (Å²) < 4.78 is 22.4. The lowest BCUT2D eigenvalue weighted by Gasteiger charge is -2.32. The Hall–Kier alpha value is -3.60. The maximum absolute atomic E-state index is 13.8. The average molecular weight is 428 g/mol. The predicted molar refractivity (Wildman–Crippen MR) is 106 cm³/mol. The molecule has 2 aromatic heterocycles. The van der Waals surface area contributed by atoms with Gasteiger partial charge in [-0.2, -0.15) is 0 Å². The molecular weight excluding hydrogens is 407 g/mol. The fourth-order valence-electron chi connectivity index (χ4n) is 3.53. The fourth-order valence-corrected chi connectivity index (χ4v) is 3.53. The highest BCUT2D eigenvalue weighted by molar-refractivity contribution is 5.94. The second-order valence-corrected chi connectivity index (χ2v) is 7.65. The second kappa shape index (κ2) is 7.58. The number of hydrogen-bond donors (Lipinski definition) is 2. The van der Waals surface area contributed by atoms with Crippen LogP contribution in [-0.2, 0) is 23.4 Å². The van der Waals surface area contributed by atoms with Gasteiger partial charge in [-0.1, -0.05) is 6.07 Å². The SMILES string of the molecule is Cc1nncn1-c1cc(F)ccc1CNC(=O)c1nc2n(c(=O)c1O)CCOC2(C)C. The molecule has 2 N–H and O–H groups in total. The van der Waals surface area contributed by atoms with Gasteiger partial charge in [-0.3, -0.25) is 18.7 Å². The molecule has 0 bridgehead atoms. The number of hydrogen-bond acceptors (Lipinski definition) is 7. The van der Waals surface area contributed by atoms with Gasteiger partial charge >= 0.3 is 0 Å². The van der Waals surface area contributed by atoms with Crippen LogP contribution in [0.25, 0.3) is 5.69 Å². The number of ether oxygens (including phenoxy) is 1. The van der Waals surface area contributed by atoms with E-state index >= 15 is 0 Å². The van der Waals surface area contributed by atoms with E-state index in [2.05, 4.69) is 20.5 Å². The molecule has 3 heterocycles. The van der Waals surface area contributed by atoms with Crippen molar-refractivity contribution in [3.05, 3.63) is 63.6 Å². The Bertz CT molecular complexity index is 1230. The van der Waals surface area contributed by atoms with Crippen LogP contribution in [-0.4, -0.2) is 41.9 Å². The highest BCUT2D eigenvalue weighted by Crippen LogP contribution is 2.27. The Balaban J connectivity index is 1.65. The van der Waals surface area contributed by atoms with Crippen LogP contribution in [0.4, 0.5) is 4.39 Å². The summed E-state index contributed by atoms with van der Waals surface area (Å²) in [6, 6.07) is 4.10. The lowest BCUT2D eigenvalue weighted by Crippen LogP contribution is -2.42. The standard InChI is InChI=1S/C20H21FN6O4/c1-11-25-23-10-27(11)14-8-13(21)5-4-12(14)9-22-17(29)15-16(28)18(30)26-6-7-31-20(2,3)19(26)24-15/h4-5,8,10,28H,6-7,9H2,1-3H3,(H,22,29). The van der Waals surface area contributed by atoms with Crippen LogP contribution in [0.3, 0.4) is 0 Å². The van der Waals surface area contributed by atoms with Crippen molar-refractivity contribution in [2.75, 3.05) is 6.61 Å². The van der Waals surface area contributed by atoms with Gasteiger partial charge in [0.1, 0.15) is 29.4 Å². The van der Waals surface area contributed by atoms with Gasteiger partial charge in [0.05, 0.1) is 18.8 Å². The molecule has 0 fully saturated rings. The lowest BCUT2D eigenvalue weighted by atomic mass is 10.1. The van der Waals surface area contributed by atoms with Crippen LogP contribution in [0.1, 0.15) is 41.5 Å². The molecule has 31 heavy (non-hydrogen) atoms. The molecule has 0 saturated heterocycles. The minimum Gasteiger partial charge on any atom is -0.501 e. The summed E-state index contributed by atoms with van der Waals surface area (Å²) in [7, 11) is 0. The monoisotopic (exact) mass is 428 g/mol. The molecule has 0 aliphatic carbocycles. The molecule has 4 rings (SSSR count). The van der Waals surface area contributed by atoms with Crippen molar-refractivity contribution in [2.45, 2.75) is 39.5 Å². The predicted octanol–water partition coefficient (Wildman–Crippen LogP) is 1.17. The van der Waals surface area contributed by atoms with Crippen molar-refractivity contribution in [3.8, 4) is 11.4 Å². The normalized spacial score (nSPS) is 14.8. The molecular formula is C20H21FN6O4. The first-order valence-corrected chi connectivity index (χ1v) is 9.61. The van der Waals surface area contributed by atoms with E-state index in [9.17, 15) is 19.1 Å². The number of nitrogens with one attached hydrogen (secondary N) is 1. The van der Waals surface area contributed by atoms with Gasteiger partial charge in [0.15, 0.2) is 5.69 Å². The molecule has 0 spiro atoms. The van der Waals surface area contributed by atoms with Crippen LogP contribution in [0.2, 0.25) is 0 Å². The van der Waals surface area contributed by atoms with Crippen LogP contribution in [0, 0.1) is 12.7 Å². The highest BCUT2D eigenvalue weighted by atomic mass is 19.1. The molecule has 162 valence electrons. The van der Waals surface area contributed by atoms with E-state index in [1.54, 1.807) is 25.3 Å². The summed E-state index contributed by atoms with van der Waals surface area (Å²) in [4.78, 5) is 29.6. The number of carbonyl (C=O) groups is 1. The Morgan fingerprint density at radius 1 is 1.39 bits per heavy atom. The van der Waals surface area contributed by atoms with Crippen LogP contribution in [0.15, 0.2) is 29.3 Å². The zero-order valence-corrected chi connectivity index (χ0v) is 17.2. The molecule has 1 aromatic carbocycles. The molecule has 0 saturated carbocycles. The first-order chi connectivity index (χ1) is 14.7. The van der Waals surface area contributed by atoms with Gasteiger partial charge < -0.3 is 15.2 Å². The van der Waals surface area contributed by atoms with E-state index in [1.165, 1.54) is 29.1 Å². The van der Waals surface area contributed by atoms with Gasteiger partial charge in [-0.05, 0) is 38.5 Å². The lowest BCUT2D eigenvalue weighted by molar-refractivity contribution is -0.0566. The summed E-state index contributed by atoms with van der Waals surface area (Å²) in [5.41, 5.74) is -0.945. The number of rotatable bonds is 4. The molecule has 1 aliphatic rings. The van der Waals surface area contributed by atoms with E-state index < -0.39 is 28.6 Å². The summed E-state index contributed by atoms with van der Waals surface area (Å²) in [5.74, 6) is -1.12. The number of halogens is 1. The first kappa shape index (κ1) is 20.7. The van der Waals surface area contributed by atoms with E-state index in [-0.39, 0.29) is 24.6 Å². The van der Waals surface area contributed by atoms with Crippen molar-refractivity contribution >= 4 is 5.91 Å². The molecule has 3 aromatic rings. The number of aryl methyl sites for hydroxylation is 1. The molecule has 1 amide bonds. The minimum absolute atomic E-state index is 0.00843. The van der Waals surface area contributed by atoms with Gasteiger partial charge in [-0.15, -0.1) is 10.2 Å². The number of nitrogens with zero attached hydrogens (tertiary/aromatic N) is 5. The average Bonchev–Trinajstić information content (AvgIpc) is 3.15. The van der Waals surface area contributed by atoms with E-state index in [0.717, 1.165) is 0 Å². The Labute approximate surface area is 176 Å². The first-order valence-electron chi connectivity index (χ1n) is 9.61. The largest absolute Gasteiger partial charge is 0.501 e. The zero-order valence-electron chi connectivity index (χ0n) is 17.2. The van der Waals surface area contributed by atoms with Crippen molar-refractivity contribution < 1.29 is 19.0 Å². The number of aromatic hydroxyl groups is 1. The third-order valence-electron chi connectivity index (χ3n) is 5.14. The summed E-state index contributed by atoms with van der Waals surface area (Å²) in [5, 5.41) is 20.6. The summed E-state index contributed by atoms with van der Waals surface area (Å²) in [6.07, 6.45) is 1.44. The van der Waals surface area contributed by atoms with Gasteiger partial charge in [0.2, 0.25) is 5.75 Å². The van der Waals surface area contributed by atoms with Crippen molar-refractivity contribution in [1.82, 2.24) is 29.6 Å². The van der Waals surface area contributed by atoms with Crippen molar-refractivity contribution in [2.24, 2.45) is 0 Å². The van der Waals surface area contributed by atoms with E-state index in [1.807, 2.05) is 0 Å². The molecule has 0 radical (unpaired) electrons. The molecule has 11 heteroatoms. The molecule has 0 unspecified atom stereocenters. The van der Waals surface area contributed by atoms with Crippen molar-refractivity contribution in [3.63, 3.8) is 0 Å². The number of benzene rings is 1. The Kier molecular flexibility index (Phi) is 5.05. The number of amides is 1. The van der Waals surface area contributed by atoms with Crippen LogP contribution < -0.4 is 10.9 Å². The number of aromatic nitrogens is 5. The maximum Gasteiger partial charge on any atom is 0.296 e. The van der Waals surface area contributed by atoms with Gasteiger partial charge in [0.25, 0.3) is 11.5 Å². The van der Waals surface area contributed by atoms with Crippen LogP contribution >= 0.6 is 0 Å². The second-order valence-electron chi connectivity index (χ2n) is 7.65. The number of fused-ring (bicyclic) bond motifs is 1. The number of carbonyl (C=O) groups excluding carboxylic acids is 1. The summed E-state index contributed by atoms with van der Waals surface area (Å²) >= 11 is 0. The summed E-state index contributed by atoms with van der Waals surface area (Å²) in [6.45, 7) is 5.70. The Morgan fingerprint density at radius 3 is 2.87 bits per heavy atom. The third-order valence-corrected chi connectivity index (χ3v) is 5.14. The van der Waals surface area contributed by atoms with Crippen molar-refractivity contribution in [1.29, 1.82) is 0 Å². The smallest absolute Gasteiger partial charge is 0.296 e. The maximum atomic E-state index is 13.8. The minimum atomic E-state index is -0.893. The zero-order chi connectivity index (χ0) is 22.3. The topological polar surface area (TPSA) is 124 Å². The van der Waals surface area contributed by atoms with E-state index in [4.69, 9.17) is 4.74 Å². The molecule has 10 nitrogen and oxygen atoms in total. The molecule has 1 aliphatic heterocycles. The van der Waals surface area contributed by atoms with Gasteiger partial charge in [0, 0.05) is 6.54 Å². The Morgan fingerprint density at radius 2 is 2.16 bits per heavy atom. The van der Waals surface area contributed by atoms with E-state index in [0.29, 0.717) is 23.7 Å². The fraction of sp³-hybridized carbons (Fsp3) is 0.350. The highest BCUT2D eigenvalue weighted by Gasteiger charge is 2.34. The van der Waals surface area contributed by atoms with Crippen LogP contribution in [0.5, 0.6) is 5.75 Å².